The van der Waals surface area contributed by atoms with E-state index in [0.29, 0.717) is 30.4 Å². The van der Waals surface area contributed by atoms with Crippen LogP contribution in [0.15, 0.2) is 12.1 Å². The molecule has 0 atom stereocenters. The van der Waals surface area contributed by atoms with Crippen molar-refractivity contribution >= 4 is 18.1 Å². The molecule has 0 radical (unpaired) electrons. The SMILES string of the molecule is CNc1c(F)ccc2c1OCCO2.Cl. The summed E-state index contributed by atoms with van der Waals surface area (Å²) >= 11 is 0. The van der Waals surface area contributed by atoms with E-state index in [1.54, 1.807) is 13.1 Å². The second-order valence-corrected chi connectivity index (χ2v) is 2.70. The molecule has 0 unspecified atom stereocenters. The van der Waals surface area contributed by atoms with Gasteiger partial charge in [0.05, 0.1) is 0 Å². The van der Waals surface area contributed by atoms with Crippen LogP contribution in [-0.2, 0) is 0 Å². The van der Waals surface area contributed by atoms with Gasteiger partial charge in [0.25, 0.3) is 0 Å². The minimum atomic E-state index is -0.327. The molecular weight excluding hydrogens is 209 g/mol. The standard InChI is InChI=1S/C9H10FNO2.ClH/c1-11-8-6(10)2-3-7-9(8)13-5-4-12-7;/h2-3,11H,4-5H2,1H3;1H. The maximum atomic E-state index is 13.2. The van der Waals surface area contributed by atoms with Crippen molar-refractivity contribution in [1.29, 1.82) is 0 Å². The van der Waals surface area contributed by atoms with Gasteiger partial charge >= 0.3 is 0 Å². The van der Waals surface area contributed by atoms with Crippen LogP contribution < -0.4 is 14.8 Å². The van der Waals surface area contributed by atoms with E-state index in [9.17, 15) is 4.39 Å². The third-order valence-electron chi connectivity index (χ3n) is 1.91. The lowest BCUT2D eigenvalue weighted by Crippen LogP contribution is -2.16. The Morgan fingerprint density at radius 2 is 2.00 bits per heavy atom. The number of hydrogen-bond acceptors (Lipinski definition) is 3. The molecule has 3 nitrogen and oxygen atoms in total. The number of halogens is 2. The summed E-state index contributed by atoms with van der Waals surface area (Å²) in [6.07, 6.45) is 0. The monoisotopic (exact) mass is 219 g/mol. The summed E-state index contributed by atoms with van der Waals surface area (Å²) in [5.41, 5.74) is 0.359. The summed E-state index contributed by atoms with van der Waals surface area (Å²) < 4.78 is 23.8. The molecule has 1 aromatic carbocycles. The Morgan fingerprint density at radius 1 is 1.29 bits per heavy atom. The van der Waals surface area contributed by atoms with E-state index in [-0.39, 0.29) is 18.2 Å². The molecule has 1 N–H and O–H groups in total. The van der Waals surface area contributed by atoms with Crippen molar-refractivity contribution in [3.8, 4) is 11.5 Å². The molecule has 1 aliphatic rings. The minimum absolute atomic E-state index is 0. The van der Waals surface area contributed by atoms with Gasteiger partial charge in [-0.25, -0.2) is 4.39 Å². The number of hydrogen-bond donors (Lipinski definition) is 1. The lowest BCUT2D eigenvalue weighted by atomic mass is 10.2. The van der Waals surface area contributed by atoms with Crippen molar-refractivity contribution in [3.05, 3.63) is 17.9 Å². The summed E-state index contributed by atoms with van der Waals surface area (Å²) in [5.74, 6) is 0.734. The Bertz CT molecular complexity index is 333. The fourth-order valence-corrected chi connectivity index (χ4v) is 1.32. The Kier molecular flexibility index (Phi) is 3.41. The molecule has 14 heavy (non-hydrogen) atoms. The fourth-order valence-electron chi connectivity index (χ4n) is 1.32. The van der Waals surface area contributed by atoms with Gasteiger partial charge in [-0.3, -0.25) is 0 Å². The third-order valence-corrected chi connectivity index (χ3v) is 1.91. The van der Waals surface area contributed by atoms with E-state index in [4.69, 9.17) is 9.47 Å². The Morgan fingerprint density at radius 3 is 2.71 bits per heavy atom. The molecule has 0 saturated heterocycles. The smallest absolute Gasteiger partial charge is 0.187 e. The summed E-state index contributed by atoms with van der Waals surface area (Å²) in [7, 11) is 1.65. The average Bonchev–Trinajstić information content (AvgIpc) is 2.18. The number of ether oxygens (including phenoxy) is 2. The van der Waals surface area contributed by atoms with Gasteiger partial charge < -0.3 is 14.8 Å². The van der Waals surface area contributed by atoms with Gasteiger partial charge in [0.15, 0.2) is 11.5 Å². The molecule has 0 fully saturated rings. The maximum absolute atomic E-state index is 13.2. The highest BCUT2D eigenvalue weighted by atomic mass is 35.5. The van der Waals surface area contributed by atoms with Gasteiger partial charge in [0, 0.05) is 7.05 Å². The van der Waals surface area contributed by atoms with E-state index in [1.165, 1.54) is 6.07 Å². The van der Waals surface area contributed by atoms with Gasteiger partial charge in [-0.15, -0.1) is 12.4 Å². The number of rotatable bonds is 1. The molecule has 5 heteroatoms. The first kappa shape index (κ1) is 10.9. The molecule has 0 aliphatic carbocycles. The second kappa shape index (κ2) is 4.37. The van der Waals surface area contributed by atoms with E-state index >= 15 is 0 Å². The predicted octanol–water partition coefficient (Wildman–Crippen LogP) is 2.06. The van der Waals surface area contributed by atoms with Crippen molar-refractivity contribution in [2.45, 2.75) is 0 Å². The molecular formula is C9H11ClFNO2. The van der Waals surface area contributed by atoms with Gasteiger partial charge in [-0.05, 0) is 12.1 Å². The minimum Gasteiger partial charge on any atom is -0.486 e. The molecule has 1 heterocycles. The van der Waals surface area contributed by atoms with Gasteiger partial charge in [-0.2, -0.15) is 0 Å². The van der Waals surface area contributed by atoms with E-state index in [2.05, 4.69) is 5.32 Å². The van der Waals surface area contributed by atoms with Crippen LogP contribution in [0.3, 0.4) is 0 Å². The van der Waals surface area contributed by atoms with Crippen molar-refractivity contribution < 1.29 is 13.9 Å². The first-order chi connectivity index (χ1) is 6.33. The molecule has 0 saturated carbocycles. The molecule has 0 aromatic heterocycles. The lowest BCUT2D eigenvalue weighted by molar-refractivity contribution is 0.172. The molecule has 1 aromatic rings. The molecule has 78 valence electrons. The van der Waals surface area contributed by atoms with Crippen molar-refractivity contribution in [2.75, 3.05) is 25.6 Å². The van der Waals surface area contributed by atoms with Crippen LogP contribution >= 0.6 is 12.4 Å². The van der Waals surface area contributed by atoms with Crippen LogP contribution in [-0.4, -0.2) is 20.3 Å². The maximum Gasteiger partial charge on any atom is 0.187 e. The molecule has 0 amide bonds. The third kappa shape index (κ3) is 1.70. The Balaban J connectivity index is 0.000000980. The highest BCUT2D eigenvalue weighted by Crippen LogP contribution is 2.38. The van der Waals surface area contributed by atoms with Crippen LogP contribution in [0.25, 0.3) is 0 Å². The van der Waals surface area contributed by atoms with Crippen LogP contribution in [0.5, 0.6) is 11.5 Å². The normalized spacial score (nSPS) is 13.0. The zero-order valence-electron chi connectivity index (χ0n) is 7.67. The summed E-state index contributed by atoms with van der Waals surface area (Å²) in [6.45, 7) is 0.979. The van der Waals surface area contributed by atoms with E-state index < -0.39 is 0 Å². The van der Waals surface area contributed by atoms with Crippen molar-refractivity contribution in [3.63, 3.8) is 0 Å². The molecule has 1 aliphatic heterocycles. The first-order valence-corrected chi connectivity index (χ1v) is 4.09. The molecule has 0 spiro atoms. The predicted molar refractivity (Wildman–Crippen MR) is 54.2 cm³/mol. The van der Waals surface area contributed by atoms with Crippen molar-refractivity contribution in [1.82, 2.24) is 0 Å². The summed E-state index contributed by atoms with van der Waals surface area (Å²) in [4.78, 5) is 0. The Hall–Kier alpha value is -1.16. The zero-order chi connectivity index (χ0) is 9.26. The summed E-state index contributed by atoms with van der Waals surface area (Å²) in [5, 5.41) is 2.74. The lowest BCUT2D eigenvalue weighted by Gasteiger charge is -2.20. The van der Waals surface area contributed by atoms with E-state index in [0.717, 1.165) is 0 Å². The Labute approximate surface area is 87.6 Å². The van der Waals surface area contributed by atoms with Gasteiger partial charge in [0.2, 0.25) is 0 Å². The van der Waals surface area contributed by atoms with Crippen molar-refractivity contribution in [2.24, 2.45) is 0 Å². The fraction of sp³-hybridized carbons (Fsp3) is 0.333. The molecule has 0 bridgehead atoms. The van der Waals surface area contributed by atoms with Crippen LogP contribution in [0, 0.1) is 5.82 Å². The number of anilines is 1. The highest BCUT2D eigenvalue weighted by Gasteiger charge is 2.18. The number of fused-ring (bicyclic) bond motifs is 1. The van der Waals surface area contributed by atoms with Gasteiger partial charge in [-0.1, -0.05) is 0 Å². The molecule has 2 rings (SSSR count). The highest BCUT2D eigenvalue weighted by molar-refractivity contribution is 5.85. The zero-order valence-corrected chi connectivity index (χ0v) is 8.49. The van der Waals surface area contributed by atoms with Crippen LogP contribution in [0.2, 0.25) is 0 Å². The van der Waals surface area contributed by atoms with Gasteiger partial charge in [0.1, 0.15) is 24.7 Å². The first-order valence-electron chi connectivity index (χ1n) is 4.09. The number of nitrogens with one attached hydrogen (secondary N) is 1. The van der Waals surface area contributed by atoms with E-state index in [1.807, 2.05) is 0 Å². The largest absolute Gasteiger partial charge is 0.486 e. The quantitative estimate of drug-likeness (QED) is 0.784. The van der Waals surface area contributed by atoms with Crippen LogP contribution in [0.4, 0.5) is 10.1 Å². The van der Waals surface area contributed by atoms with Crippen LogP contribution in [0.1, 0.15) is 0 Å². The second-order valence-electron chi connectivity index (χ2n) is 2.70. The average molecular weight is 220 g/mol. The topological polar surface area (TPSA) is 30.5 Å². The summed E-state index contributed by atoms with van der Waals surface area (Å²) in [6, 6.07) is 2.93. The number of benzene rings is 1.